The quantitative estimate of drug-likeness (QED) is 0.361. The van der Waals surface area contributed by atoms with Crippen molar-refractivity contribution in [3.8, 4) is 5.75 Å². The molecule has 1 fully saturated rings. The summed E-state index contributed by atoms with van der Waals surface area (Å²) < 4.78 is 5.45. The van der Waals surface area contributed by atoms with Crippen molar-refractivity contribution in [3.63, 3.8) is 0 Å². The first-order valence-electron chi connectivity index (χ1n) is 13.8. The molecule has 0 bridgehead atoms. The van der Waals surface area contributed by atoms with E-state index in [2.05, 4.69) is 11.8 Å². The number of hydrogen-bond acceptors (Lipinski definition) is 4. The number of ether oxygens (including phenoxy) is 1. The van der Waals surface area contributed by atoms with Crippen molar-refractivity contribution < 1.29 is 14.3 Å². The summed E-state index contributed by atoms with van der Waals surface area (Å²) in [5.74, 6) is 1.01. The number of rotatable bonds is 11. The molecule has 1 saturated heterocycles. The van der Waals surface area contributed by atoms with Crippen LogP contribution in [-0.4, -0.2) is 79.4 Å². The first-order chi connectivity index (χ1) is 19.1. The topological polar surface area (TPSA) is 53.1 Å². The Morgan fingerprint density at radius 1 is 0.872 bits per heavy atom. The number of methoxy groups -OCH3 is 1. The van der Waals surface area contributed by atoms with E-state index in [-0.39, 0.29) is 11.8 Å². The SMILES string of the molecule is CCc1ccc(C(=O)N2CCN(CCN(C/C=C/c3ccccc3OC)C(=O)Cc3ccccc3)CC2)cc1. The van der Waals surface area contributed by atoms with Crippen LogP contribution in [0.15, 0.2) is 84.9 Å². The van der Waals surface area contributed by atoms with Crippen LogP contribution in [0, 0.1) is 0 Å². The lowest BCUT2D eigenvalue weighted by Gasteiger charge is -2.36. The number of aryl methyl sites for hydroxylation is 1. The Morgan fingerprint density at radius 2 is 1.56 bits per heavy atom. The molecule has 0 unspecified atom stereocenters. The summed E-state index contributed by atoms with van der Waals surface area (Å²) in [4.78, 5) is 32.4. The van der Waals surface area contributed by atoms with Crippen molar-refractivity contribution >= 4 is 17.9 Å². The minimum absolute atomic E-state index is 0.0958. The minimum Gasteiger partial charge on any atom is -0.496 e. The molecule has 3 aromatic carbocycles. The van der Waals surface area contributed by atoms with Crippen molar-refractivity contribution in [2.24, 2.45) is 0 Å². The molecular formula is C33H39N3O3. The molecular weight excluding hydrogens is 486 g/mol. The van der Waals surface area contributed by atoms with Gasteiger partial charge in [0.25, 0.3) is 5.91 Å². The number of hydrogen-bond donors (Lipinski definition) is 0. The fraction of sp³-hybridized carbons (Fsp3) is 0.333. The van der Waals surface area contributed by atoms with E-state index < -0.39 is 0 Å². The largest absolute Gasteiger partial charge is 0.496 e. The van der Waals surface area contributed by atoms with Crippen LogP contribution < -0.4 is 4.74 Å². The van der Waals surface area contributed by atoms with Crippen LogP contribution in [0.5, 0.6) is 5.75 Å². The van der Waals surface area contributed by atoms with Crippen molar-refractivity contribution in [1.82, 2.24) is 14.7 Å². The molecule has 4 rings (SSSR count). The fourth-order valence-corrected chi connectivity index (χ4v) is 4.81. The molecule has 6 heteroatoms. The molecule has 0 aliphatic carbocycles. The number of carbonyl (C=O) groups excluding carboxylic acids is 2. The van der Waals surface area contributed by atoms with Gasteiger partial charge in [0.2, 0.25) is 5.91 Å². The second-order valence-corrected chi connectivity index (χ2v) is 9.83. The van der Waals surface area contributed by atoms with E-state index >= 15 is 0 Å². The van der Waals surface area contributed by atoms with Crippen LogP contribution in [0.1, 0.15) is 34.0 Å². The maximum atomic E-state index is 13.3. The first-order valence-corrected chi connectivity index (χ1v) is 13.8. The third kappa shape index (κ3) is 8.04. The van der Waals surface area contributed by atoms with Gasteiger partial charge in [-0.1, -0.05) is 79.7 Å². The summed E-state index contributed by atoms with van der Waals surface area (Å²) in [5.41, 5.74) is 3.99. The highest BCUT2D eigenvalue weighted by molar-refractivity contribution is 5.94. The van der Waals surface area contributed by atoms with Gasteiger partial charge in [0.1, 0.15) is 5.75 Å². The smallest absolute Gasteiger partial charge is 0.253 e. The third-order valence-corrected chi connectivity index (χ3v) is 7.27. The molecule has 0 N–H and O–H groups in total. The Kier molecular flexibility index (Phi) is 10.3. The van der Waals surface area contributed by atoms with Gasteiger partial charge in [-0.2, -0.15) is 0 Å². The molecule has 0 radical (unpaired) electrons. The predicted molar refractivity (Wildman–Crippen MR) is 157 cm³/mol. The van der Waals surface area contributed by atoms with Gasteiger partial charge in [0.05, 0.1) is 13.5 Å². The van der Waals surface area contributed by atoms with Crippen LogP contribution >= 0.6 is 0 Å². The zero-order chi connectivity index (χ0) is 27.5. The number of amides is 2. The summed E-state index contributed by atoms with van der Waals surface area (Å²) in [6.45, 7) is 7.04. The summed E-state index contributed by atoms with van der Waals surface area (Å²) in [7, 11) is 1.66. The Bertz CT molecular complexity index is 1230. The van der Waals surface area contributed by atoms with Crippen LogP contribution in [0.3, 0.4) is 0 Å². The van der Waals surface area contributed by atoms with Crippen molar-refractivity contribution in [3.05, 3.63) is 107 Å². The van der Waals surface area contributed by atoms with Crippen LogP contribution in [-0.2, 0) is 17.6 Å². The summed E-state index contributed by atoms with van der Waals surface area (Å²) in [6.07, 6.45) is 5.39. The molecule has 0 saturated carbocycles. The van der Waals surface area contributed by atoms with Gasteiger partial charge in [0, 0.05) is 56.9 Å². The fourth-order valence-electron chi connectivity index (χ4n) is 4.81. The highest BCUT2D eigenvalue weighted by Gasteiger charge is 2.23. The Balaban J connectivity index is 1.33. The van der Waals surface area contributed by atoms with Crippen molar-refractivity contribution in [2.75, 3.05) is 52.9 Å². The number of nitrogens with zero attached hydrogens (tertiary/aromatic N) is 3. The highest BCUT2D eigenvalue weighted by atomic mass is 16.5. The van der Waals surface area contributed by atoms with Gasteiger partial charge in [-0.15, -0.1) is 0 Å². The van der Waals surface area contributed by atoms with Crippen LogP contribution in [0.2, 0.25) is 0 Å². The Labute approximate surface area is 232 Å². The molecule has 3 aromatic rings. The van der Waals surface area contributed by atoms with E-state index in [1.165, 1.54) is 5.56 Å². The zero-order valence-corrected chi connectivity index (χ0v) is 23.1. The lowest BCUT2D eigenvalue weighted by molar-refractivity contribution is -0.130. The van der Waals surface area contributed by atoms with Gasteiger partial charge in [-0.25, -0.2) is 0 Å². The highest BCUT2D eigenvalue weighted by Crippen LogP contribution is 2.19. The van der Waals surface area contributed by atoms with Crippen molar-refractivity contribution in [1.29, 1.82) is 0 Å². The monoisotopic (exact) mass is 525 g/mol. The van der Waals surface area contributed by atoms with Gasteiger partial charge in [0.15, 0.2) is 0 Å². The third-order valence-electron chi connectivity index (χ3n) is 7.27. The van der Waals surface area contributed by atoms with E-state index in [4.69, 9.17) is 4.74 Å². The number of carbonyl (C=O) groups is 2. The molecule has 1 heterocycles. The van der Waals surface area contributed by atoms with E-state index in [1.807, 2.05) is 101 Å². The molecule has 6 nitrogen and oxygen atoms in total. The summed E-state index contributed by atoms with van der Waals surface area (Å²) in [6, 6.07) is 25.7. The molecule has 0 spiro atoms. The standard InChI is InChI=1S/C33H39N3O3/c1-3-27-15-17-30(18-16-27)33(38)36-24-21-34(22-25-36)20-23-35(32(37)26-28-10-5-4-6-11-28)19-9-13-29-12-7-8-14-31(29)39-2/h4-18H,3,19-26H2,1-2H3/b13-9+. The van der Waals surface area contributed by atoms with E-state index in [1.54, 1.807) is 7.11 Å². The minimum atomic E-state index is 0.0958. The Morgan fingerprint density at radius 3 is 2.26 bits per heavy atom. The first kappa shape index (κ1) is 28.1. The lowest BCUT2D eigenvalue weighted by Crippen LogP contribution is -2.50. The summed E-state index contributed by atoms with van der Waals surface area (Å²) >= 11 is 0. The van der Waals surface area contributed by atoms with Gasteiger partial charge in [-0.3, -0.25) is 14.5 Å². The average Bonchev–Trinajstić information content (AvgIpc) is 2.99. The van der Waals surface area contributed by atoms with Gasteiger partial charge < -0.3 is 14.5 Å². The van der Waals surface area contributed by atoms with E-state index in [0.29, 0.717) is 32.6 Å². The van der Waals surface area contributed by atoms with Crippen LogP contribution in [0.4, 0.5) is 0 Å². The number of piperazine rings is 1. The average molecular weight is 526 g/mol. The maximum Gasteiger partial charge on any atom is 0.253 e. The van der Waals surface area contributed by atoms with E-state index in [9.17, 15) is 9.59 Å². The van der Waals surface area contributed by atoms with Gasteiger partial charge in [-0.05, 0) is 35.7 Å². The molecule has 204 valence electrons. The van der Waals surface area contributed by atoms with Gasteiger partial charge >= 0.3 is 0 Å². The zero-order valence-electron chi connectivity index (χ0n) is 23.1. The molecule has 1 aliphatic heterocycles. The second kappa shape index (κ2) is 14.3. The van der Waals surface area contributed by atoms with Crippen molar-refractivity contribution in [2.45, 2.75) is 19.8 Å². The molecule has 2 amide bonds. The molecule has 0 atom stereocenters. The summed E-state index contributed by atoms with van der Waals surface area (Å²) in [5, 5.41) is 0. The molecule has 0 aromatic heterocycles. The maximum absolute atomic E-state index is 13.3. The van der Waals surface area contributed by atoms with Crippen LogP contribution in [0.25, 0.3) is 6.08 Å². The molecule has 1 aliphatic rings. The normalized spacial score (nSPS) is 13.9. The predicted octanol–water partition coefficient (Wildman–Crippen LogP) is 4.80. The number of para-hydroxylation sites is 1. The number of benzene rings is 3. The lowest BCUT2D eigenvalue weighted by atomic mass is 10.1. The Hall–Kier alpha value is -3.90. The van der Waals surface area contributed by atoms with E-state index in [0.717, 1.165) is 48.5 Å². The molecule has 39 heavy (non-hydrogen) atoms. The second-order valence-electron chi connectivity index (χ2n) is 9.83.